The highest BCUT2D eigenvalue weighted by Crippen LogP contribution is 2.14. The number of nitrogens with one attached hydrogen (secondary N) is 2. The van der Waals surface area contributed by atoms with Gasteiger partial charge in [-0.2, -0.15) is 0 Å². The van der Waals surface area contributed by atoms with Crippen LogP contribution in [0, 0.1) is 0 Å². The number of nitrogens with zero attached hydrogens (tertiary/aromatic N) is 2. The van der Waals surface area contributed by atoms with Crippen molar-refractivity contribution in [2.75, 3.05) is 26.7 Å². The second kappa shape index (κ2) is 12.3. The monoisotopic (exact) mass is 442 g/mol. The van der Waals surface area contributed by atoms with Crippen LogP contribution < -0.4 is 10.6 Å². The molecule has 2 rings (SSSR count). The molecule has 1 aromatic rings. The van der Waals surface area contributed by atoms with Crippen LogP contribution in [0.1, 0.15) is 36.8 Å². The topological polar surface area (TPSA) is 39.7 Å². The van der Waals surface area contributed by atoms with Crippen LogP contribution in [-0.4, -0.2) is 37.5 Å². The van der Waals surface area contributed by atoms with Gasteiger partial charge in [-0.25, -0.2) is 0 Å². The second-order valence-corrected chi connectivity index (χ2v) is 6.11. The molecule has 1 saturated heterocycles. The fourth-order valence-corrected chi connectivity index (χ4v) is 2.97. The van der Waals surface area contributed by atoms with E-state index in [1.165, 1.54) is 49.9 Å². The molecule has 1 aliphatic rings. The molecule has 0 aliphatic carbocycles. The maximum atomic E-state index is 4.21. The van der Waals surface area contributed by atoms with Crippen molar-refractivity contribution in [3.63, 3.8) is 0 Å². The largest absolute Gasteiger partial charge is 0.353 e. The van der Waals surface area contributed by atoms with E-state index in [9.17, 15) is 0 Å². The number of halogens is 1. The fourth-order valence-electron chi connectivity index (χ4n) is 2.97. The van der Waals surface area contributed by atoms with Crippen LogP contribution in [0.25, 0.3) is 0 Å². The number of aliphatic imine (C=N–C) groups is 1. The number of rotatable bonds is 6. The van der Waals surface area contributed by atoms with Crippen LogP contribution in [0.2, 0.25) is 0 Å². The van der Waals surface area contributed by atoms with E-state index in [2.05, 4.69) is 51.4 Å². The van der Waals surface area contributed by atoms with E-state index in [1.54, 1.807) is 7.05 Å². The van der Waals surface area contributed by atoms with Gasteiger partial charge in [0.05, 0.1) is 0 Å². The Hall–Kier alpha value is -1.08. The molecular formula is C19H31IN4. The predicted molar refractivity (Wildman–Crippen MR) is 114 cm³/mol. The second-order valence-electron chi connectivity index (χ2n) is 6.11. The van der Waals surface area contributed by atoms with Crippen molar-refractivity contribution in [2.24, 2.45) is 4.99 Å². The maximum absolute atomic E-state index is 4.21. The Morgan fingerprint density at radius 2 is 1.88 bits per heavy atom. The van der Waals surface area contributed by atoms with Gasteiger partial charge in [0.25, 0.3) is 0 Å². The van der Waals surface area contributed by atoms with Gasteiger partial charge in [0, 0.05) is 26.7 Å². The highest BCUT2D eigenvalue weighted by molar-refractivity contribution is 14.0. The van der Waals surface area contributed by atoms with Gasteiger partial charge in [0.2, 0.25) is 0 Å². The molecule has 0 radical (unpaired) electrons. The smallest absolute Gasteiger partial charge is 0.191 e. The van der Waals surface area contributed by atoms with Crippen molar-refractivity contribution < 1.29 is 0 Å². The van der Waals surface area contributed by atoms with Crippen LogP contribution in [0.5, 0.6) is 0 Å². The summed E-state index contributed by atoms with van der Waals surface area (Å²) in [6.45, 7) is 8.75. The lowest BCUT2D eigenvalue weighted by molar-refractivity contribution is 0.277. The van der Waals surface area contributed by atoms with Crippen molar-refractivity contribution in [3.05, 3.63) is 48.0 Å². The summed E-state index contributed by atoms with van der Waals surface area (Å²) in [5.74, 6) is 0.808. The van der Waals surface area contributed by atoms with Crippen LogP contribution in [-0.2, 0) is 13.1 Å². The summed E-state index contributed by atoms with van der Waals surface area (Å²) in [6, 6.07) is 8.86. The number of likely N-dealkylation sites (tertiary alicyclic amines) is 1. The van der Waals surface area contributed by atoms with Gasteiger partial charge in [-0.1, -0.05) is 43.2 Å². The van der Waals surface area contributed by atoms with Crippen molar-refractivity contribution in [1.29, 1.82) is 0 Å². The molecule has 1 fully saturated rings. The average molecular weight is 442 g/mol. The Kier molecular flexibility index (Phi) is 10.7. The molecule has 0 aromatic heterocycles. The number of guanidine groups is 1. The first-order valence-electron chi connectivity index (χ1n) is 8.67. The zero-order valence-corrected chi connectivity index (χ0v) is 17.1. The zero-order valence-electron chi connectivity index (χ0n) is 14.8. The quantitative estimate of drug-likeness (QED) is 0.307. The molecule has 1 aliphatic heterocycles. The molecule has 1 heterocycles. The third-order valence-electron chi connectivity index (χ3n) is 4.19. The Labute approximate surface area is 163 Å². The van der Waals surface area contributed by atoms with Crippen LogP contribution in [0.15, 0.2) is 41.9 Å². The van der Waals surface area contributed by atoms with Crippen molar-refractivity contribution >= 4 is 29.9 Å². The minimum atomic E-state index is 0. The van der Waals surface area contributed by atoms with Gasteiger partial charge >= 0.3 is 0 Å². The van der Waals surface area contributed by atoms with Crippen LogP contribution in [0.4, 0.5) is 0 Å². The van der Waals surface area contributed by atoms with Gasteiger partial charge in [-0.05, 0) is 37.1 Å². The highest BCUT2D eigenvalue weighted by Gasteiger charge is 2.09. The molecule has 0 bridgehead atoms. The molecule has 134 valence electrons. The lowest BCUT2D eigenvalue weighted by Crippen LogP contribution is -2.36. The minimum absolute atomic E-state index is 0. The molecule has 1 aromatic carbocycles. The fraction of sp³-hybridized carbons (Fsp3) is 0.526. The van der Waals surface area contributed by atoms with Crippen molar-refractivity contribution in [3.8, 4) is 0 Å². The SMILES string of the molecule is C=CCNC(=NC)NCc1cccc(CN2CCCCCC2)c1.I. The lowest BCUT2D eigenvalue weighted by atomic mass is 10.1. The summed E-state index contributed by atoms with van der Waals surface area (Å²) < 4.78 is 0. The molecule has 0 spiro atoms. The summed E-state index contributed by atoms with van der Waals surface area (Å²) in [6.07, 6.45) is 7.28. The molecule has 2 N–H and O–H groups in total. The van der Waals surface area contributed by atoms with E-state index in [4.69, 9.17) is 0 Å². The average Bonchev–Trinajstić information content (AvgIpc) is 2.84. The van der Waals surface area contributed by atoms with E-state index in [-0.39, 0.29) is 24.0 Å². The summed E-state index contributed by atoms with van der Waals surface area (Å²) in [4.78, 5) is 6.79. The third-order valence-corrected chi connectivity index (χ3v) is 4.19. The maximum Gasteiger partial charge on any atom is 0.191 e. The van der Waals surface area contributed by atoms with Crippen LogP contribution >= 0.6 is 24.0 Å². The summed E-state index contributed by atoms with van der Waals surface area (Å²) in [5, 5.41) is 6.53. The summed E-state index contributed by atoms with van der Waals surface area (Å²) in [7, 11) is 1.79. The molecule has 0 amide bonds. The minimum Gasteiger partial charge on any atom is -0.353 e. The third kappa shape index (κ3) is 7.66. The first-order valence-corrected chi connectivity index (χ1v) is 8.67. The van der Waals surface area contributed by atoms with E-state index in [0.717, 1.165) is 19.0 Å². The summed E-state index contributed by atoms with van der Waals surface area (Å²) >= 11 is 0. The van der Waals surface area contributed by atoms with Gasteiger partial charge in [0.15, 0.2) is 5.96 Å². The number of hydrogen-bond acceptors (Lipinski definition) is 2. The van der Waals surface area contributed by atoms with Gasteiger partial charge in [-0.3, -0.25) is 9.89 Å². The Balaban J connectivity index is 0.00000288. The van der Waals surface area contributed by atoms with E-state index >= 15 is 0 Å². The number of hydrogen-bond donors (Lipinski definition) is 2. The standard InChI is InChI=1S/C19H30N4.HI/c1-3-11-21-19(20-2)22-15-17-9-8-10-18(14-17)16-23-12-6-4-5-7-13-23;/h3,8-10,14H,1,4-7,11-13,15-16H2,2H3,(H2,20,21,22);1H. The van der Waals surface area contributed by atoms with Crippen molar-refractivity contribution in [2.45, 2.75) is 38.8 Å². The lowest BCUT2D eigenvalue weighted by Gasteiger charge is -2.20. The molecule has 0 unspecified atom stereocenters. The zero-order chi connectivity index (χ0) is 16.3. The molecule has 0 saturated carbocycles. The number of benzene rings is 1. The molecule has 4 nitrogen and oxygen atoms in total. The van der Waals surface area contributed by atoms with E-state index in [1.807, 2.05) is 6.08 Å². The first kappa shape index (κ1) is 21.0. The summed E-state index contributed by atoms with van der Waals surface area (Å²) in [5.41, 5.74) is 2.69. The molecule has 5 heteroatoms. The van der Waals surface area contributed by atoms with Crippen LogP contribution in [0.3, 0.4) is 0 Å². The van der Waals surface area contributed by atoms with E-state index in [0.29, 0.717) is 6.54 Å². The molecular weight excluding hydrogens is 411 g/mol. The Morgan fingerprint density at radius 3 is 2.54 bits per heavy atom. The molecule has 24 heavy (non-hydrogen) atoms. The van der Waals surface area contributed by atoms with E-state index < -0.39 is 0 Å². The van der Waals surface area contributed by atoms with Gasteiger partial charge < -0.3 is 10.6 Å². The highest BCUT2D eigenvalue weighted by atomic mass is 127. The van der Waals surface area contributed by atoms with Gasteiger partial charge in [0.1, 0.15) is 0 Å². The normalized spacial score (nSPS) is 16.0. The van der Waals surface area contributed by atoms with Gasteiger partial charge in [-0.15, -0.1) is 30.6 Å². The predicted octanol–water partition coefficient (Wildman–Crippen LogP) is 3.53. The molecule has 0 atom stereocenters. The first-order chi connectivity index (χ1) is 11.3. The Morgan fingerprint density at radius 1 is 1.17 bits per heavy atom. The Bertz CT molecular complexity index is 508. The van der Waals surface area contributed by atoms with Crippen molar-refractivity contribution in [1.82, 2.24) is 15.5 Å².